The number of amides is 1. The molecule has 0 aliphatic heterocycles. The van der Waals surface area contributed by atoms with E-state index in [0.29, 0.717) is 13.1 Å². The highest BCUT2D eigenvalue weighted by molar-refractivity contribution is 5.68. The Bertz CT molecular complexity index is 651. The van der Waals surface area contributed by atoms with Gasteiger partial charge in [-0.25, -0.2) is 4.79 Å². The van der Waals surface area contributed by atoms with Gasteiger partial charge in [0.2, 0.25) is 0 Å². The normalized spacial score (nSPS) is 11.2. The predicted molar refractivity (Wildman–Crippen MR) is 106 cm³/mol. The van der Waals surface area contributed by atoms with Crippen molar-refractivity contribution in [1.29, 1.82) is 0 Å². The first-order chi connectivity index (χ1) is 12.4. The molecule has 0 aliphatic rings. The van der Waals surface area contributed by atoms with E-state index in [1.807, 2.05) is 69.3 Å². The van der Waals surface area contributed by atoms with Gasteiger partial charge in [0.15, 0.2) is 0 Å². The average Bonchev–Trinajstić information content (AvgIpc) is 2.61. The van der Waals surface area contributed by atoms with Gasteiger partial charge in [0, 0.05) is 19.6 Å². The molecule has 26 heavy (non-hydrogen) atoms. The Morgan fingerprint density at radius 1 is 0.962 bits per heavy atom. The maximum atomic E-state index is 12.5. The molecule has 0 saturated heterocycles. The number of hydrogen-bond donors (Lipinski definition) is 1. The lowest BCUT2D eigenvalue weighted by molar-refractivity contribution is 0.0231. The van der Waals surface area contributed by atoms with Crippen molar-refractivity contribution in [3.05, 3.63) is 71.8 Å². The van der Waals surface area contributed by atoms with Gasteiger partial charge in [0.25, 0.3) is 0 Å². The Kier molecular flexibility index (Phi) is 7.67. The SMILES string of the molecule is CC(C)(C)OC(=O)N(CCCNCc1ccccc1)Cc1ccccc1. The van der Waals surface area contributed by atoms with E-state index in [1.54, 1.807) is 4.90 Å². The fourth-order valence-corrected chi connectivity index (χ4v) is 2.59. The van der Waals surface area contributed by atoms with Crippen LogP contribution in [-0.4, -0.2) is 29.7 Å². The van der Waals surface area contributed by atoms with Crippen molar-refractivity contribution < 1.29 is 9.53 Å². The quantitative estimate of drug-likeness (QED) is 0.704. The summed E-state index contributed by atoms with van der Waals surface area (Å²) >= 11 is 0. The third-order valence-corrected chi connectivity index (χ3v) is 3.82. The smallest absolute Gasteiger partial charge is 0.410 e. The minimum Gasteiger partial charge on any atom is -0.444 e. The topological polar surface area (TPSA) is 41.6 Å². The molecule has 1 amide bonds. The molecule has 0 heterocycles. The molecule has 0 spiro atoms. The van der Waals surface area contributed by atoms with Crippen LogP contribution in [0.25, 0.3) is 0 Å². The maximum absolute atomic E-state index is 12.5. The molecular formula is C22H30N2O2. The largest absolute Gasteiger partial charge is 0.444 e. The first kappa shape index (κ1) is 20.0. The van der Waals surface area contributed by atoms with E-state index < -0.39 is 5.60 Å². The molecule has 0 fully saturated rings. The molecule has 2 rings (SSSR count). The number of benzene rings is 2. The van der Waals surface area contributed by atoms with Crippen molar-refractivity contribution in [2.75, 3.05) is 13.1 Å². The third kappa shape index (κ3) is 7.70. The zero-order valence-corrected chi connectivity index (χ0v) is 16.1. The second kappa shape index (κ2) is 9.97. The lowest BCUT2D eigenvalue weighted by Gasteiger charge is -2.27. The maximum Gasteiger partial charge on any atom is 0.410 e. The molecule has 4 heteroatoms. The number of nitrogens with one attached hydrogen (secondary N) is 1. The zero-order chi connectivity index (χ0) is 18.8. The van der Waals surface area contributed by atoms with Crippen LogP contribution < -0.4 is 5.32 Å². The Hall–Kier alpha value is -2.33. The van der Waals surface area contributed by atoms with Gasteiger partial charge in [-0.15, -0.1) is 0 Å². The van der Waals surface area contributed by atoms with Crippen LogP contribution in [0.3, 0.4) is 0 Å². The molecule has 0 bridgehead atoms. The standard InChI is InChI=1S/C22H30N2O2/c1-22(2,3)26-21(25)24(18-20-13-8-5-9-14-20)16-10-15-23-17-19-11-6-4-7-12-19/h4-9,11-14,23H,10,15-18H2,1-3H3. The van der Waals surface area contributed by atoms with Gasteiger partial charge in [0.05, 0.1) is 0 Å². The first-order valence-electron chi connectivity index (χ1n) is 9.20. The number of ether oxygens (including phenoxy) is 1. The van der Waals surface area contributed by atoms with Gasteiger partial charge in [0.1, 0.15) is 5.60 Å². The molecule has 0 aliphatic carbocycles. The van der Waals surface area contributed by atoms with Crippen LogP contribution in [0.1, 0.15) is 38.3 Å². The van der Waals surface area contributed by atoms with Crippen molar-refractivity contribution in [2.45, 2.75) is 45.9 Å². The van der Waals surface area contributed by atoms with Crippen LogP contribution in [0, 0.1) is 0 Å². The summed E-state index contributed by atoms with van der Waals surface area (Å²) in [4.78, 5) is 14.3. The molecule has 0 saturated carbocycles. The monoisotopic (exact) mass is 354 g/mol. The lowest BCUT2D eigenvalue weighted by atomic mass is 10.2. The van der Waals surface area contributed by atoms with Crippen molar-refractivity contribution in [2.24, 2.45) is 0 Å². The van der Waals surface area contributed by atoms with Gasteiger partial charge < -0.3 is 15.0 Å². The summed E-state index contributed by atoms with van der Waals surface area (Å²) in [6, 6.07) is 20.3. The van der Waals surface area contributed by atoms with Crippen LogP contribution in [0.15, 0.2) is 60.7 Å². The van der Waals surface area contributed by atoms with E-state index in [2.05, 4.69) is 17.4 Å². The van der Waals surface area contributed by atoms with E-state index in [-0.39, 0.29) is 6.09 Å². The number of nitrogens with zero attached hydrogens (tertiary/aromatic N) is 1. The Morgan fingerprint density at radius 3 is 2.12 bits per heavy atom. The second-order valence-electron chi connectivity index (χ2n) is 7.40. The van der Waals surface area contributed by atoms with Crippen LogP contribution in [0.2, 0.25) is 0 Å². The van der Waals surface area contributed by atoms with Gasteiger partial charge >= 0.3 is 6.09 Å². The molecular weight excluding hydrogens is 324 g/mol. The highest BCUT2D eigenvalue weighted by atomic mass is 16.6. The van der Waals surface area contributed by atoms with Crippen LogP contribution in [-0.2, 0) is 17.8 Å². The molecule has 0 aromatic heterocycles. The molecule has 140 valence electrons. The van der Waals surface area contributed by atoms with Crippen molar-refractivity contribution >= 4 is 6.09 Å². The molecule has 0 unspecified atom stereocenters. The van der Waals surface area contributed by atoms with Gasteiger partial charge in [-0.2, -0.15) is 0 Å². The van der Waals surface area contributed by atoms with Crippen molar-refractivity contribution in [3.63, 3.8) is 0 Å². The number of rotatable bonds is 8. The molecule has 0 atom stereocenters. The molecule has 4 nitrogen and oxygen atoms in total. The number of carbonyl (C=O) groups is 1. The summed E-state index contributed by atoms with van der Waals surface area (Å²) in [6.07, 6.45) is 0.614. The summed E-state index contributed by atoms with van der Waals surface area (Å²) in [5.41, 5.74) is 1.88. The Morgan fingerprint density at radius 2 is 1.54 bits per heavy atom. The fourth-order valence-electron chi connectivity index (χ4n) is 2.59. The van der Waals surface area contributed by atoms with E-state index in [4.69, 9.17) is 4.74 Å². The summed E-state index contributed by atoms with van der Waals surface area (Å²) in [5, 5.41) is 3.43. The van der Waals surface area contributed by atoms with E-state index in [0.717, 1.165) is 25.1 Å². The summed E-state index contributed by atoms with van der Waals surface area (Å²) in [6.45, 7) is 8.60. The minimum atomic E-state index is -0.489. The van der Waals surface area contributed by atoms with Crippen LogP contribution >= 0.6 is 0 Å². The Balaban J connectivity index is 1.83. The summed E-state index contributed by atoms with van der Waals surface area (Å²) < 4.78 is 5.56. The predicted octanol–water partition coefficient (Wildman–Crippen LogP) is 4.60. The van der Waals surface area contributed by atoms with Gasteiger partial charge in [-0.3, -0.25) is 0 Å². The third-order valence-electron chi connectivity index (χ3n) is 3.82. The number of carbonyl (C=O) groups excluding carboxylic acids is 1. The average molecular weight is 354 g/mol. The van der Waals surface area contributed by atoms with Crippen LogP contribution in [0.4, 0.5) is 4.79 Å². The minimum absolute atomic E-state index is 0.260. The molecule has 2 aromatic carbocycles. The highest BCUT2D eigenvalue weighted by Gasteiger charge is 2.21. The van der Waals surface area contributed by atoms with E-state index in [9.17, 15) is 4.79 Å². The first-order valence-corrected chi connectivity index (χ1v) is 9.20. The molecule has 1 N–H and O–H groups in total. The summed E-state index contributed by atoms with van der Waals surface area (Å²) in [7, 11) is 0. The molecule has 0 radical (unpaired) electrons. The van der Waals surface area contributed by atoms with Gasteiger partial charge in [-0.1, -0.05) is 60.7 Å². The number of hydrogen-bond acceptors (Lipinski definition) is 3. The summed E-state index contributed by atoms with van der Waals surface area (Å²) in [5.74, 6) is 0. The van der Waals surface area contributed by atoms with E-state index >= 15 is 0 Å². The molecule has 2 aromatic rings. The second-order valence-corrected chi connectivity index (χ2v) is 7.40. The zero-order valence-electron chi connectivity index (χ0n) is 16.1. The highest BCUT2D eigenvalue weighted by Crippen LogP contribution is 2.13. The van der Waals surface area contributed by atoms with Crippen LogP contribution in [0.5, 0.6) is 0 Å². The Labute approximate surface area is 157 Å². The fraction of sp³-hybridized carbons (Fsp3) is 0.409. The van der Waals surface area contributed by atoms with Gasteiger partial charge in [-0.05, 0) is 44.9 Å². The lowest BCUT2D eigenvalue weighted by Crippen LogP contribution is -2.37. The van der Waals surface area contributed by atoms with E-state index in [1.165, 1.54) is 5.56 Å². The van der Waals surface area contributed by atoms with Crippen molar-refractivity contribution in [1.82, 2.24) is 10.2 Å². The van der Waals surface area contributed by atoms with Crippen molar-refractivity contribution in [3.8, 4) is 0 Å².